The topological polar surface area (TPSA) is 67.4 Å². The normalized spacial score (nSPS) is 15.8. The van der Waals surface area contributed by atoms with Crippen LogP contribution >= 0.6 is 0 Å². The molecule has 0 spiro atoms. The highest BCUT2D eigenvalue weighted by molar-refractivity contribution is 5.81. The quantitative estimate of drug-likeness (QED) is 0.705. The van der Waals surface area contributed by atoms with E-state index in [0.717, 1.165) is 55.6 Å². The largest absolute Gasteiger partial charge is 0.444 e. The highest BCUT2D eigenvalue weighted by atomic mass is 16.4. The van der Waals surface area contributed by atoms with E-state index in [0.29, 0.717) is 11.3 Å². The van der Waals surface area contributed by atoms with Crippen molar-refractivity contribution in [3.8, 4) is 0 Å². The first-order chi connectivity index (χ1) is 13.0. The summed E-state index contributed by atoms with van der Waals surface area (Å²) in [6, 6.07) is 5.91. The second-order valence-electron chi connectivity index (χ2n) is 7.44. The zero-order chi connectivity index (χ0) is 19.0. The fourth-order valence-electron chi connectivity index (χ4n) is 3.42. The van der Waals surface area contributed by atoms with Crippen LogP contribution < -0.4 is 10.5 Å². The van der Waals surface area contributed by atoms with Crippen LogP contribution in [-0.4, -0.2) is 45.6 Å². The molecular weight excluding hydrogens is 342 g/mol. The number of piperazine rings is 1. The number of fused-ring (bicyclic) bond motifs is 1. The molecule has 1 aliphatic heterocycles. The maximum Gasteiger partial charge on any atom is 0.260 e. The predicted octanol–water partition coefficient (Wildman–Crippen LogP) is 2.37. The van der Waals surface area contributed by atoms with Gasteiger partial charge in [0.05, 0.1) is 30.0 Å². The van der Waals surface area contributed by atoms with Crippen molar-refractivity contribution < 1.29 is 4.42 Å². The van der Waals surface area contributed by atoms with Gasteiger partial charge < -0.3 is 13.9 Å². The summed E-state index contributed by atoms with van der Waals surface area (Å²) in [5, 5.41) is 0.659. The minimum Gasteiger partial charge on any atom is -0.444 e. The third kappa shape index (κ3) is 3.60. The van der Waals surface area contributed by atoms with E-state index in [9.17, 15) is 4.79 Å². The molecule has 27 heavy (non-hydrogen) atoms. The number of nitrogens with zero attached hydrogens (tertiary/aromatic N) is 5. The number of aromatic nitrogens is 3. The number of rotatable bonds is 4. The van der Waals surface area contributed by atoms with Gasteiger partial charge in [0.15, 0.2) is 0 Å². The van der Waals surface area contributed by atoms with Crippen molar-refractivity contribution >= 4 is 16.6 Å². The average Bonchev–Trinajstić information content (AvgIpc) is 3.14. The Bertz CT molecular complexity index is 999. The summed E-state index contributed by atoms with van der Waals surface area (Å²) in [6.07, 6.45) is 3.41. The van der Waals surface area contributed by atoms with Crippen LogP contribution in [0.15, 0.2) is 39.9 Å². The maximum atomic E-state index is 12.2. The fourth-order valence-corrected chi connectivity index (χ4v) is 3.42. The maximum absolute atomic E-state index is 12.2. The molecule has 0 unspecified atom stereocenters. The second kappa shape index (κ2) is 7.15. The number of aryl methyl sites for hydroxylation is 1. The van der Waals surface area contributed by atoms with Crippen molar-refractivity contribution in [2.45, 2.75) is 26.3 Å². The monoisotopic (exact) mass is 367 g/mol. The van der Waals surface area contributed by atoms with Gasteiger partial charge in [-0.1, -0.05) is 13.8 Å². The molecule has 0 bridgehead atoms. The molecule has 1 fully saturated rings. The molecule has 1 aliphatic rings. The molecule has 4 rings (SSSR count). The Labute approximate surface area is 158 Å². The van der Waals surface area contributed by atoms with E-state index in [4.69, 9.17) is 4.42 Å². The van der Waals surface area contributed by atoms with Crippen molar-refractivity contribution in [3.63, 3.8) is 0 Å². The minimum atomic E-state index is -0.0110. The van der Waals surface area contributed by atoms with Gasteiger partial charge in [-0.2, -0.15) is 0 Å². The van der Waals surface area contributed by atoms with Crippen LogP contribution in [0.2, 0.25) is 0 Å². The van der Waals surface area contributed by atoms with Crippen LogP contribution in [0, 0.1) is 0 Å². The van der Waals surface area contributed by atoms with Gasteiger partial charge in [-0.05, 0) is 18.2 Å². The number of anilines is 1. The number of oxazole rings is 1. The Morgan fingerprint density at radius 2 is 1.93 bits per heavy atom. The number of benzene rings is 1. The van der Waals surface area contributed by atoms with E-state index < -0.39 is 0 Å². The van der Waals surface area contributed by atoms with Crippen molar-refractivity contribution in [1.29, 1.82) is 0 Å². The first kappa shape index (κ1) is 17.7. The summed E-state index contributed by atoms with van der Waals surface area (Å²) in [7, 11) is 1.72. The third-order valence-corrected chi connectivity index (χ3v) is 5.14. The van der Waals surface area contributed by atoms with Crippen molar-refractivity contribution in [1.82, 2.24) is 19.4 Å². The molecule has 1 saturated heterocycles. The van der Waals surface area contributed by atoms with E-state index in [1.165, 1.54) is 4.57 Å². The van der Waals surface area contributed by atoms with Gasteiger partial charge in [-0.15, -0.1) is 0 Å². The SMILES string of the molecule is CC(C)c1cnc(CN2CCN(c3ccc4c(=O)n(C)cnc4c3)CC2)o1. The van der Waals surface area contributed by atoms with Crippen LogP contribution in [0.3, 0.4) is 0 Å². The summed E-state index contributed by atoms with van der Waals surface area (Å²) in [6.45, 7) is 8.70. The smallest absolute Gasteiger partial charge is 0.260 e. The lowest BCUT2D eigenvalue weighted by Crippen LogP contribution is -2.46. The zero-order valence-corrected chi connectivity index (χ0v) is 16.1. The van der Waals surface area contributed by atoms with Crippen molar-refractivity contribution in [2.75, 3.05) is 31.1 Å². The first-order valence-corrected chi connectivity index (χ1v) is 9.38. The molecule has 3 heterocycles. The molecule has 0 N–H and O–H groups in total. The Morgan fingerprint density at radius 1 is 1.15 bits per heavy atom. The van der Waals surface area contributed by atoms with Crippen molar-refractivity contribution in [3.05, 3.63) is 52.7 Å². The van der Waals surface area contributed by atoms with Gasteiger partial charge in [0.2, 0.25) is 5.89 Å². The molecule has 7 heteroatoms. The Morgan fingerprint density at radius 3 is 2.63 bits per heavy atom. The standard InChI is InChI=1S/C20H25N5O2/c1-14(2)18-11-21-19(27-18)12-24-6-8-25(9-7-24)15-4-5-16-17(10-15)22-13-23(3)20(16)26/h4-5,10-11,13-14H,6-9,12H2,1-3H3. The predicted molar refractivity (Wildman–Crippen MR) is 105 cm³/mol. The van der Waals surface area contributed by atoms with Crippen LogP contribution in [-0.2, 0) is 13.6 Å². The van der Waals surface area contributed by atoms with E-state index >= 15 is 0 Å². The van der Waals surface area contributed by atoms with E-state index in [1.807, 2.05) is 24.4 Å². The Balaban J connectivity index is 1.42. The second-order valence-corrected chi connectivity index (χ2v) is 7.44. The number of hydrogen-bond acceptors (Lipinski definition) is 6. The molecule has 142 valence electrons. The van der Waals surface area contributed by atoms with Crippen LogP contribution in [0.5, 0.6) is 0 Å². The van der Waals surface area contributed by atoms with Gasteiger partial charge in [0.1, 0.15) is 5.76 Å². The Hall–Kier alpha value is -2.67. The van der Waals surface area contributed by atoms with Crippen LogP contribution in [0.1, 0.15) is 31.4 Å². The van der Waals surface area contributed by atoms with Gasteiger partial charge in [0.25, 0.3) is 5.56 Å². The molecule has 0 aliphatic carbocycles. The molecule has 0 atom stereocenters. The van der Waals surface area contributed by atoms with E-state index in [2.05, 4.69) is 33.6 Å². The van der Waals surface area contributed by atoms with Gasteiger partial charge in [-0.3, -0.25) is 9.69 Å². The van der Waals surface area contributed by atoms with Gasteiger partial charge in [-0.25, -0.2) is 9.97 Å². The molecule has 2 aromatic heterocycles. The summed E-state index contributed by atoms with van der Waals surface area (Å²) in [4.78, 5) is 25.7. The molecular formula is C20H25N5O2. The molecule has 0 saturated carbocycles. The van der Waals surface area contributed by atoms with Gasteiger partial charge >= 0.3 is 0 Å². The lowest BCUT2D eigenvalue weighted by atomic mass is 10.2. The highest BCUT2D eigenvalue weighted by Crippen LogP contribution is 2.21. The Kier molecular flexibility index (Phi) is 4.70. The molecule has 3 aromatic rings. The lowest BCUT2D eigenvalue weighted by molar-refractivity contribution is 0.223. The summed E-state index contributed by atoms with van der Waals surface area (Å²) >= 11 is 0. The fraction of sp³-hybridized carbons (Fsp3) is 0.450. The summed E-state index contributed by atoms with van der Waals surface area (Å²) < 4.78 is 7.33. The van der Waals surface area contributed by atoms with Crippen molar-refractivity contribution in [2.24, 2.45) is 7.05 Å². The number of hydrogen-bond donors (Lipinski definition) is 0. The zero-order valence-electron chi connectivity index (χ0n) is 16.1. The van der Waals surface area contributed by atoms with Gasteiger partial charge in [0, 0.05) is 44.8 Å². The molecule has 7 nitrogen and oxygen atoms in total. The molecule has 1 aromatic carbocycles. The molecule has 0 amide bonds. The van der Waals surface area contributed by atoms with E-state index in [-0.39, 0.29) is 5.56 Å². The summed E-state index contributed by atoms with van der Waals surface area (Å²) in [5.41, 5.74) is 1.85. The highest BCUT2D eigenvalue weighted by Gasteiger charge is 2.20. The molecule has 0 radical (unpaired) electrons. The first-order valence-electron chi connectivity index (χ1n) is 9.38. The van der Waals surface area contributed by atoms with Crippen LogP contribution in [0.4, 0.5) is 5.69 Å². The van der Waals surface area contributed by atoms with Crippen LogP contribution in [0.25, 0.3) is 10.9 Å². The minimum absolute atomic E-state index is 0.0110. The summed E-state index contributed by atoms with van der Waals surface area (Å²) in [5.74, 6) is 2.10. The lowest BCUT2D eigenvalue weighted by Gasteiger charge is -2.35. The van der Waals surface area contributed by atoms with E-state index in [1.54, 1.807) is 13.4 Å². The average molecular weight is 367 g/mol. The third-order valence-electron chi connectivity index (χ3n) is 5.14.